The smallest absolute Gasteiger partial charge is 0.698 e. The van der Waals surface area contributed by atoms with Gasteiger partial charge in [0.25, 0.3) is 0 Å². The van der Waals surface area contributed by atoms with Gasteiger partial charge in [0.05, 0.1) is 5.69 Å². The second-order valence-corrected chi connectivity index (χ2v) is 16.1. The van der Waals surface area contributed by atoms with Crippen LogP contribution in [0.1, 0.15) is 154 Å². The number of rotatable bonds is 8. The van der Waals surface area contributed by atoms with Gasteiger partial charge in [0.1, 0.15) is 0 Å². The van der Waals surface area contributed by atoms with Crippen molar-refractivity contribution in [2.75, 3.05) is 0 Å². The number of hydrogen-bond acceptors (Lipinski definition) is 1. The molecule has 0 aliphatic heterocycles. The van der Waals surface area contributed by atoms with E-state index in [0.717, 1.165) is 33.9 Å². The molecule has 0 aliphatic rings. The van der Waals surface area contributed by atoms with E-state index in [1.807, 2.05) is 32.0 Å². The molecule has 3 nitrogen and oxygen atoms in total. The van der Waals surface area contributed by atoms with Crippen LogP contribution in [-0.2, 0) is 17.1 Å². The van der Waals surface area contributed by atoms with Gasteiger partial charge in [-0.2, -0.15) is 5.70 Å². The van der Waals surface area contributed by atoms with Gasteiger partial charge in [-0.05, 0) is 54.1 Å². The molecule has 0 saturated heterocycles. The fourth-order valence-corrected chi connectivity index (χ4v) is 5.30. The Morgan fingerprint density at radius 1 is 0.617 bits per heavy atom. The Labute approximate surface area is 299 Å². The zero-order valence-electron chi connectivity index (χ0n) is 32.3. The van der Waals surface area contributed by atoms with Crippen molar-refractivity contribution in [1.82, 2.24) is 0 Å². The van der Waals surface area contributed by atoms with E-state index in [2.05, 4.69) is 139 Å². The zero-order valence-corrected chi connectivity index (χ0v) is 33.4. The summed E-state index contributed by atoms with van der Waals surface area (Å²) in [6, 6.07) is 19.2. The molecule has 4 heteroatoms. The maximum Gasteiger partial charge on any atom is 2.00 e. The maximum absolute atomic E-state index is 7.44. The molecule has 1 N–H and O–H groups in total. The number of nitrogens with zero attached hydrogens (tertiary/aromatic N) is 2. The van der Waals surface area contributed by atoms with E-state index in [1.165, 1.54) is 22.3 Å². The van der Waals surface area contributed by atoms with Crippen LogP contribution < -0.4 is 0 Å². The fourth-order valence-electron chi connectivity index (χ4n) is 5.30. The second-order valence-electron chi connectivity index (χ2n) is 16.1. The Balaban J connectivity index is 0.000000949. The summed E-state index contributed by atoms with van der Waals surface area (Å²) in [4.78, 5) is 5.46. The van der Waals surface area contributed by atoms with Gasteiger partial charge in [-0.25, -0.2) is 0 Å². The SMILES string of the molecule is CC(C)c1cccc(C(C)C)c1N=C(/C=C(\[N-]c1c(C(C)C)cccc1C(C)C)C(C)(C)C)C(C)(C)C.Cc1cccc(C)c1[NH-].[Fe+2]. The minimum absolute atomic E-state index is 0. The summed E-state index contributed by atoms with van der Waals surface area (Å²) in [5.41, 5.74) is 19.6. The van der Waals surface area contributed by atoms with Crippen molar-refractivity contribution in [2.45, 2.75) is 134 Å². The summed E-state index contributed by atoms with van der Waals surface area (Å²) >= 11 is 0. The zero-order chi connectivity index (χ0) is 35.1. The molecule has 0 amide bonds. The first kappa shape index (κ1) is 42.2. The van der Waals surface area contributed by atoms with Crippen LogP contribution in [0.15, 0.2) is 71.4 Å². The molecule has 0 saturated carbocycles. The molecule has 0 aliphatic carbocycles. The number of para-hydroxylation sites is 2. The van der Waals surface area contributed by atoms with E-state index in [4.69, 9.17) is 16.0 Å². The Bertz CT molecular complexity index is 1440. The first-order chi connectivity index (χ1) is 21.2. The predicted molar refractivity (Wildman–Crippen MR) is 206 cm³/mol. The van der Waals surface area contributed by atoms with Crippen molar-refractivity contribution in [3.05, 3.63) is 111 Å². The summed E-state index contributed by atoms with van der Waals surface area (Å²) in [6.45, 7) is 35.6. The van der Waals surface area contributed by atoms with Crippen molar-refractivity contribution in [3.63, 3.8) is 0 Å². The third kappa shape index (κ3) is 11.7. The van der Waals surface area contributed by atoms with Crippen LogP contribution in [-0.4, -0.2) is 5.71 Å². The van der Waals surface area contributed by atoms with E-state index in [0.29, 0.717) is 29.4 Å². The van der Waals surface area contributed by atoms with Crippen molar-refractivity contribution in [1.29, 1.82) is 0 Å². The van der Waals surface area contributed by atoms with Gasteiger partial charge in [-0.1, -0.05) is 180 Å². The molecule has 0 heterocycles. The predicted octanol–water partition coefficient (Wildman–Crippen LogP) is 14.9. The normalized spacial score (nSPS) is 12.8. The van der Waals surface area contributed by atoms with Crippen LogP contribution in [0.5, 0.6) is 0 Å². The monoisotopic (exact) mass is 677 g/mol. The van der Waals surface area contributed by atoms with E-state index in [-0.39, 0.29) is 27.9 Å². The van der Waals surface area contributed by atoms with Gasteiger partial charge in [0, 0.05) is 11.1 Å². The van der Waals surface area contributed by atoms with Crippen molar-refractivity contribution < 1.29 is 17.1 Å². The van der Waals surface area contributed by atoms with Gasteiger partial charge >= 0.3 is 17.1 Å². The number of benzene rings is 3. The molecule has 0 unspecified atom stereocenters. The van der Waals surface area contributed by atoms with Crippen LogP contribution in [0.3, 0.4) is 0 Å². The number of allylic oxidation sites excluding steroid dienone is 2. The van der Waals surface area contributed by atoms with Gasteiger partial charge in [0.15, 0.2) is 0 Å². The van der Waals surface area contributed by atoms with Crippen LogP contribution in [0.4, 0.5) is 17.1 Å². The van der Waals surface area contributed by atoms with Crippen LogP contribution in [0.2, 0.25) is 0 Å². The van der Waals surface area contributed by atoms with Crippen LogP contribution >= 0.6 is 0 Å². The third-order valence-electron chi connectivity index (χ3n) is 8.44. The van der Waals surface area contributed by atoms with Gasteiger partial charge in [0.2, 0.25) is 0 Å². The molecule has 0 fully saturated rings. The summed E-state index contributed by atoms with van der Waals surface area (Å²) in [6.07, 6.45) is 2.28. The average Bonchev–Trinajstić information content (AvgIpc) is 2.93. The summed E-state index contributed by atoms with van der Waals surface area (Å²) < 4.78 is 0. The third-order valence-corrected chi connectivity index (χ3v) is 8.44. The quantitative estimate of drug-likeness (QED) is 0.168. The van der Waals surface area contributed by atoms with Gasteiger partial charge in [-0.15, -0.1) is 11.4 Å². The molecule has 0 spiro atoms. The Hall–Kier alpha value is -2.81. The molecule has 258 valence electrons. The summed E-state index contributed by atoms with van der Waals surface area (Å²) in [7, 11) is 0. The molecule has 0 atom stereocenters. The first-order valence-electron chi connectivity index (χ1n) is 17.2. The van der Waals surface area contributed by atoms with Gasteiger partial charge < -0.3 is 11.1 Å². The molecule has 3 aromatic rings. The average molecular weight is 678 g/mol. The van der Waals surface area contributed by atoms with Crippen molar-refractivity contribution in [3.8, 4) is 0 Å². The number of nitrogens with one attached hydrogen (secondary N) is 1. The number of hydrogen-bond donors (Lipinski definition) is 0. The molecule has 3 aromatic carbocycles. The summed E-state index contributed by atoms with van der Waals surface area (Å²) in [5.74, 6) is 1.61. The minimum Gasteiger partial charge on any atom is -0.698 e. The fraction of sp³-hybridized carbons (Fsp3) is 0.512. The topological polar surface area (TPSA) is 50.3 Å². The second kappa shape index (κ2) is 17.5. The number of aliphatic imine (C=N–C) groups is 1. The standard InChI is InChI=1S/C35H53N2.C8H10N.Fe/c1-22(2)26-17-15-18-27(23(3)4)32(26)36-30(34(9,10)11)21-31(35(12,13)14)37-33-28(24(5)6)19-16-20-29(33)25(7)8;1-6-4-3-5-7(2)8(6)9;/h15-25H,1-14H3;3-5,9H,1-2H3;/q2*-1;+2/b30-21-,37-31?;;. The van der Waals surface area contributed by atoms with E-state index < -0.39 is 0 Å². The maximum atomic E-state index is 7.44. The largest absolute Gasteiger partial charge is 2.00 e. The minimum atomic E-state index is -0.136. The van der Waals surface area contributed by atoms with Crippen molar-refractivity contribution >= 4 is 22.8 Å². The first-order valence-corrected chi connectivity index (χ1v) is 17.2. The van der Waals surface area contributed by atoms with E-state index in [9.17, 15) is 0 Å². The van der Waals surface area contributed by atoms with Crippen LogP contribution in [0.25, 0.3) is 11.1 Å². The molecular weight excluding hydrogens is 614 g/mol. The summed E-state index contributed by atoms with van der Waals surface area (Å²) in [5, 5.41) is 5.46. The van der Waals surface area contributed by atoms with E-state index in [1.54, 1.807) is 0 Å². The molecule has 0 bridgehead atoms. The Kier molecular flexibility index (Phi) is 15.8. The van der Waals surface area contributed by atoms with Crippen molar-refractivity contribution in [2.24, 2.45) is 15.8 Å². The Morgan fingerprint density at radius 3 is 1.30 bits per heavy atom. The molecule has 3 rings (SSSR count). The number of aryl methyl sites for hydroxylation is 2. The Morgan fingerprint density at radius 2 is 0.979 bits per heavy atom. The molecule has 0 aromatic heterocycles. The van der Waals surface area contributed by atoms with E-state index >= 15 is 0 Å². The van der Waals surface area contributed by atoms with Gasteiger partial charge in [-0.3, -0.25) is 4.99 Å². The van der Waals surface area contributed by atoms with Crippen LogP contribution in [0, 0.1) is 24.7 Å². The molecular formula is C43H63FeN3. The molecule has 47 heavy (non-hydrogen) atoms. The molecule has 0 radical (unpaired) electrons.